The lowest BCUT2D eigenvalue weighted by molar-refractivity contribution is -0.140. The molecule has 8 nitrogen and oxygen atoms in total. The van der Waals surface area contributed by atoms with E-state index in [1.54, 1.807) is 25.1 Å². The molecule has 0 bridgehead atoms. The molecule has 12 heteroatoms. The molecular weight excluding hydrogens is 585 g/mol. The molecule has 0 radical (unpaired) electrons. The molecule has 3 rings (SSSR count). The maximum absolute atomic E-state index is 13.9. The Kier molecular flexibility index (Phi) is 10.5. The van der Waals surface area contributed by atoms with Crippen LogP contribution in [0.4, 0.5) is 5.69 Å². The Morgan fingerprint density at radius 2 is 1.59 bits per heavy atom. The number of carbonyl (C=O) groups excluding carboxylic acids is 2. The van der Waals surface area contributed by atoms with E-state index in [2.05, 4.69) is 5.32 Å². The van der Waals surface area contributed by atoms with Crippen LogP contribution in [0.3, 0.4) is 0 Å². The first kappa shape index (κ1) is 30.6. The lowest BCUT2D eigenvalue weighted by Gasteiger charge is -2.33. The van der Waals surface area contributed by atoms with E-state index in [9.17, 15) is 18.0 Å². The number of halogens is 3. The van der Waals surface area contributed by atoms with Crippen molar-refractivity contribution < 1.29 is 22.7 Å². The van der Waals surface area contributed by atoms with Crippen LogP contribution in [0.2, 0.25) is 15.1 Å². The molecule has 208 valence electrons. The van der Waals surface area contributed by atoms with Gasteiger partial charge in [0, 0.05) is 18.6 Å². The number of nitrogens with one attached hydrogen (secondary N) is 1. The van der Waals surface area contributed by atoms with Gasteiger partial charge < -0.3 is 15.0 Å². The van der Waals surface area contributed by atoms with Crippen LogP contribution < -0.4 is 14.4 Å². The number of nitrogens with zero attached hydrogens (tertiary/aromatic N) is 2. The maximum Gasteiger partial charge on any atom is 0.264 e. The van der Waals surface area contributed by atoms with E-state index in [-0.39, 0.29) is 23.0 Å². The summed E-state index contributed by atoms with van der Waals surface area (Å²) in [5.41, 5.74) is 0.849. The highest BCUT2D eigenvalue weighted by Gasteiger charge is 2.33. The molecule has 2 amide bonds. The smallest absolute Gasteiger partial charge is 0.264 e. The average Bonchev–Trinajstić information content (AvgIpc) is 2.93. The summed E-state index contributed by atoms with van der Waals surface area (Å²) >= 11 is 18.3. The van der Waals surface area contributed by atoms with E-state index in [0.29, 0.717) is 32.8 Å². The molecule has 0 aliphatic heterocycles. The third kappa shape index (κ3) is 7.36. The van der Waals surface area contributed by atoms with E-state index in [4.69, 9.17) is 39.5 Å². The molecule has 39 heavy (non-hydrogen) atoms. The zero-order valence-electron chi connectivity index (χ0n) is 21.5. The monoisotopic (exact) mass is 611 g/mol. The third-order valence-corrected chi connectivity index (χ3v) is 8.79. The highest BCUT2D eigenvalue weighted by atomic mass is 35.5. The fraction of sp³-hybridized carbons (Fsp3) is 0.259. The van der Waals surface area contributed by atoms with Crippen LogP contribution in [0.1, 0.15) is 18.9 Å². The van der Waals surface area contributed by atoms with Gasteiger partial charge in [0.05, 0.1) is 27.7 Å². The van der Waals surface area contributed by atoms with Crippen LogP contribution in [0, 0.1) is 0 Å². The molecule has 0 saturated heterocycles. The summed E-state index contributed by atoms with van der Waals surface area (Å²) in [6, 6.07) is 15.9. The van der Waals surface area contributed by atoms with E-state index < -0.39 is 28.5 Å². The predicted molar refractivity (Wildman–Crippen MR) is 154 cm³/mol. The minimum absolute atomic E-state index is 0.00130. The number of sulfonamides is 1. The number of anilines is 1. The van der Waals surface area contributed by atoms with E-state index in [0.717, 1.165) is 4.31 Å². The van der Waals surface area contributed by atoms with Gasteiger partial charge in [0.25, 0.3) is 10.0 Å². The van der Waals surface area contributed by atoms with E-state index >= 15 is 0 Å². The number of hydrogen-bond donors (Lipinski definition) is 1. The van der Waals surface area contributed by atoms with Gasteiger partial charge in [0.15, 0.2) is 0 Å². The summed E-state index contributed by atoms with van der Waals surface area (Å²) in [6.45, 7) is 1.18. The fourth-order valence-electron chi connectivity index (χ4n) is 3.93. The van der Waals surface area contributed by atoms with Crippen LogP contribution in [-0.4, -0.2) is 51.9 Å². The molecule has 1 N–H and O–H groups in total. The van der Waals surface area contributed by atoms with Crippen molar-refractivity contribution in [3.05, 3.63) is 87.4 Å². The molecule has 3 aromatic rings. The van der Waals surface area contributed by atoms with Crippen LogP contribution in [0.15, 0.2) is 71.6 Å². The van der Waals surface area contributed by atoms with Crippen LogP contribution >= 0.6 is 34.8 Å². The predicted octanol–water partition coefficient (Wildman–Crippen LogP) is 5.40. The van der Waals surface area contributed by atoms with Gasteiger partial charge in [-0.15, -0.1) is 0 Å². The van der Waals surface area contributed by atoms with E-state index in [1.807, 2.05) is 0 Å². The summed E-state index contributed by atoms with van der Waals surface area (Å²) in [7, 11) is -1.27. The minimum Gasteiger partial charge on any atom is -0.497 e. The van der Waals surface area contributed by atoms with Crippen molar-refractivity contribution in [2.45, 2.75) is 30.8 Å². The molecule has 0 heterocycles. The first-order chi connectivity index (χ1) is 18.5. The standard InChI is InChI=1S/C27H28Cl3N3O5S/c1-4-25(27(35)31-2)32(16-18-5-14-23(29)24(30)15-18)26(34)17-33(20-8-6-19(28)7-9-20)39(36,37)22-12-10-21(38-3)11-13-22/h5-15,25H,4,16-17H2,1-3H3,(H,31,35). The third-order valence-electron chi connectivity index (χ3n) is 6.01. The number of benzene rings is 3. The van der Waals surface area contributed by atoms with Crippen molar-refractivity contribution in [3.8, 4) is 5.75 Å². The van der Waals surface area contributed by atoms with Gasteiger partial charge in [-0.05, 0) is 72.6 Å². The second-order valence-electron chi connectivity index (χ2n) is 8.47. The van der Waals surface area contributed by atoms with Crippen molar-refractivity contribution in [1.82, 2.24) is 10.2 Å². The number of ether oxygens (including phenoxy) is 1. The number of hydrogen-bond acceptors (Lipinski definition) is 5. The van der Waals surface area contributed by atoms with Crippen molar-refractivity contribution in [2.24, 2.45) is 0 Å². The summed E-state index contributed by atoms with van der Waals surface area (Å²) in [5.74, 6) is -0.502. The lowest BCUT2D eigenvalue weighted by atomic mass is 10.1. The summed E-state index contributed by atoms with van der Waals surface area (Å²) in [5, 5.41) is 3.61. The Hall–Kier alpha value is -2.98. The molecule has 0 saturated carbocycles. The molecule has 1 unspecified atom stereocenters. The number of carbonyl (C=O) groups is 2. The van der Waals surface area contributed by atoms with Crippen LogP contribution in [0.25, 0.3) is 0 Å². The SMILES string of the molecule is CCC(C(=O)NC)N(Cc1ccc(Cl)c(Cl)c1)C(=O)CN(c1ccc(Cl)cc1)S(=O)(=O)c1ccc(OC)cc1. The van der Waals surface area contributed by atoms with Crippen LogP contribution in [0.5, 0.6) is 5.75 Å². The first-order valence-electron chi connectivity index (χ1n) is 11.9. The summed E-state index contributed by atoms with van der Waals surface area (Å²) in [4.78, 5) is 27.9. The number of likely N-dealkylation sites (N-methyl/N-ethyl adjacent to an activating group) is 1. The first-order valence-corrected chi connectivity index (χ1v) is 14.5. The maximum atomic E-state index is 13.9. The van der Waals surface area contributed by atoms with Gasteiger partial charge in [-0.2, -0.15) is 0 Å². The zero-order chi connectivity index (χ0) is 28.7. The largest absolute Gasteiger partial charge is 0.497 e. The Balaban J connectivity index is 2.06. The molecule has 3 aromatic carbocycles. The van der Waals surface area contributed by atoms with Crippen molar-refractivity contribution in [3.63, 3.8) is 0 Å². The van der Waals surface area contributed by atoms with Gasteiger partial charge in [0.2, 0.25) is 11.8 Å². The second kappa shape index (κ2) is 13.4. The quantitative estimate of drug-likeness (QED) is 0.313. The molecule has 0 aliphatic carbocycles. The van der Waals surface area contributed by atoms with E-state index in [1.165, 1.54) is 67.6 Å². The van der Waals surface area contributed by atoms with Gasteiger partial charge >= 0.3 is 0 Å². The van der Waals surface area contributed by atoms with Gasteiger partial charge in [-0.1, -0.05) is 47.8 Å². The summed E-state index contributed by atoms with van der Waals surface area (Å²) in [6.07, 6.45) is 0.291. The topological polar surface area (TPSA) is 96.0 Å². The average molecular weight is 613 g/mol. The molecule has 0 aliphatic rings. The number of rotatable bonds is 11. The molecule has 1 atom stereocenters. The molecule has 0 fully saturated rings. The number of methoxy groups -OCH3 is 1. The minimum atomic E-state index is -4.22. The van der Waals surface area contributed by atoms with Crippen molar-refractivity contribution in [1.29, 1.82) is 0 Å². The van der Waals surface area contributed by atoms with Crippen molar-refractivity contribution >= 4 is 62.3 Å². The molecular formula is C27H28Cl3N3O5S. The second-order valence-corrected chi connectivity index (χ2v) is 11.6. The van der Waals surface area contributed by atoms with Gasteiger partial charge in [-0.25, -0.2) is 8.42 Å². The highest BCUT2D eigenvalue weighted by Crippen LogP contribution is 2.28. The van der Waals surface area contributed by atoms with Crippen molar-refractivity contribution in [2.75, 3.05) is 25.0 Å². The van der Waals surface area contributed by atoms with Gasteiger partial charge in [-0.3, -0.25) is 13.9 Å². The zero-order valence-corrected chi connectivity index (χ0v) is 24.6. The normalized spacial score (nSPS) is 11.9. The van der Waals surface area contributed by atoms with Gasteiger partial charge in [0.1, 0.15) is 18.3 Å². The lowest BCUT2D eigenvalue weighted by Crippen LogP contribution is -2.51. The molecule has 0 spiro atoms. The molecule has 0 aromatic heterocycles. The Bertz CT molecular complexity index is 1420. The summed E-state index contributed by atoms with van der Waals surface area (Å²) < 4.78 is 33.8. The Labute approximate surface area is 243 Å². The fourth-order valence-corrected chi connectivity index (χ4v) is 5.79. The number of amides is 2. The van der Waals surface area contributed by atoms with Crippen LogP contribution in [-0.2, 0) is 26.2 Å². The highest BCUT2D eigenvalue weighted by molar-refractivity contribution is 7.92. The Morgan fingerprint density at radius 3 is 2.13 bits per heavy atom. The Morgan fingerprint density at radius 1 is 0.949 bits per heavy atom.